The number of hydrogen-bond acceptors (Lipinski definition) is 7. The minimum Gasteiger partial charge on any atom is -0.437 e. The van der Waals surface area contributed by atoms with E-state index in [9.17, 15) is 12.8 Å². The summed E-state index contributed by atoms with van der Waals surface area (Å²) in [6.07, 6.45) is 6.94. The molecule has 2 heterocycles. The maximum Gasteiger partial charge on any atom is 0.233 e. The Morgan fingerprint density at radius 2 is 1.83 bits per heavy atom. The zero-order chi connectivity index (χ0) is 25.3. The Kier molecular flexibility index (Phi) is 6.44. The summed E-state index contributed by atoms with van der Waals surface area (Å²) in [4.78, 5) is 12.6. The van der Waals surface area contributed by atoms with Crippen LogP contribution in [-0.4, -0.2) is 29.1 Å². The van der Waals surface area contributed by atoms with Gasteiger partial charge in [0, 0.05) is 23.2 Å². The summed E-state index contributed by atoms with van der Waals surface area (Å²) in [6.45, 7) is 1.85. The number of nitrogen functional groups attached to an aromatic ring is 1. The molecule has 2 aromatic heterocycles. The van der Waals surface area contributed by atoms with Crippen LogP contribution in [0.5, 0.6) is 11.6 Å². The fourth-order valence-electron chi connectivity index (χ4n) is 4.67. The van der Waals surface area contributed by atoms with Crippen LogP contribution in [0, 0.1) is 18.7 Å². The monoisotopic (exact) mass is 507 g/mol. The van der Waals surface area contributed by atoms with Crippen molar-refractivity contribution in [2.24, 2.45) is 5.92 Å². The molecule has 186 valence electrons. The number of benzene rings is 2. The SMILES string of the molecule is Cc1ccc2c(NS(=O)(=O)CC3CCCC3)c(F)ccc2c1Oc1ncccc1-c1ccnc(N)n1. The second-order valence-corrected chi connectivity index (χ2v) is 10.8. The van der Waals surface area contributed by atoms with Crippen molar-refractivity contribution in [3.8, 4) is 22.9 Å². The van der Waals surface area contributed by atoms with E-state index in [1.54, 1.807) is 48.8 Å². The van der Waals surface area contributed by atoms with Crippen LogP contribution in [0.4, 0.5) is 16.0 Å². The van der Waals surface area contributed by atoms with Crippen molar-refractivity contribution in [2.75, 3.05) is 16.2 Å². The lowest BCUT2D eigenvalue weighted by atomic mass is 10.0. The fraction of sp³-hybridized carbons (Fsp3) is 0.269. The Labute approximate surface area is 208 Å². The predicted molar refractivity (Wildman–Crippen MR) is 138 cm³/mol. The molecule has 5 rings (SSSR count). The summed E-state index contributed by atoms with van der Waals surface area (Å²) >= 11 is 0. The zero-order valence-electron chi connectivity index (χ0n) is 19.7. The lowest BCUT2D eigenvalue weighted by molar-refractivity contribution is 0.466. The Morgan fingerprint density at radius 1 is 1.06 bits per heavy atom. The first-order chi connectivity index (χ1) is 17.3. The number of anilines is 2. The van der Waals surface area contributed by atoms with Crippen molar-refractivity contribution in [3.63, 3.8) is 0 Å². The molecule has 1 saturated carbocycles. The molecule has 8 nitrogen and oxygen atoms in total. The first-order valence-electron chi connectivity index (χ1n) is 11.7. The van der Waals surface area contributed by atoms with Crippen LogP contribution in [0.2, 0.25) is 0 Å². The van der Waals surface area contributed by atoms with Gasteiger partial charge in [-0.25, -0.2) is 27.8 Å². The van der Waals surface area contributed by atoms with Gasteiger partial charge in [-0.2, -0.15) is 0 Å². The first kappa shape index (κ1) is 23.9. The van der Waals surface area contributed by atoms with E-state index in [1.165, 1.54) is 6.07 Å². The summed E-state index contributed by atoms with van der Waals surface area (Å²) < 4.78 is 49.5. The van der Waals surface area contributed by atoms with Crippen LogP contribution >= 0.6 is 0 Å². The van der Waals surface area contributed by atoms with E-state index >= 15 is 0 Å². The third kappa shape index (κ3) is 4.94. The molecule has 2 aromatic carbocycles. The predicted octanol–water partition coefficient (Wildman–Crippen LogP) is 5.45. The highest BCUT2D eigenvalue weighted by molar-refractivity contribution is 7.92. The van der Waals surface area contributed by atoms with Gasteiger partial charge in [0.05, 0.1) is 22.7 Å². The maximum atomic E-state index is 14.9. The van der Waals surface area contributed by atoms with Crippen LogP contribution in [-0.2, 0) is 10.0 Å². The Bertz CT molecular complexity index is 1540. The molecule has 4 aromatic rings. The number of sulfonamides is 1. The topological polar surface area (TPSA) is 120 Å². The van der Waals surface area contributed by atoms with Gasteiger partial charge >= 0.3 is 0 Å². The van der Waals surface area contributed by atoms with E-state index in [2.05, 4.69) is 19.7 Å². The number of nitrogens with zero attached hydrogens (tertiary/aromatic N) is 3. The number of rotatable bonds is 7. The van der Waals surface area contributed by atoms with Gasteiger partial charge in [-0.15, -0.1) is 0 Å². The maximum absolute atomic E-state index is 14.9. The van der Waals surface area contributed by atoms with Crippen LogP contribution in [0.3, 0.4) is 0 Å². The highest BCUT2D eigenvalue weighted by atomic mass is 32.2. The average Bonchev–Trinajstić information content (AvgIpc) is 3.35. The van der Waals surface area contributed by atoms with Crippen LogP contribution in [0.15, 0.2) is 54.9 Å². The van der Waals surface area contributed by atoms with Crippen LogP contribution in [0.1, 0.15) is 31.2 Å². The summed E-state index contributed by atoms with van der Waals surface area (Å²) in [7, 11) is -3.73. The highest BCUT2D eigenvalue weighted by Crippen LogP contribution is 2.40. The quantitative estimate of drug-likeness (QED) is 0.341. The van der Waals surface area contributed by atoms with Gasteiger partial charge < -0.3 is 10.5 Å². The zero-order valence-corrected chi connectivity index (χ0v) is 20.6. The molecule has 1 aliphatic carbocycles. The average molecular weight is 508 g/mol. The van der Waals surface area contributed by atoms with Gasteiger partial charge in [0.1, 0.15) is 11.6 Å². The minimum absolute atomic E-state index is 0.0165. The van der Waals surface area contributed by atoms with Crippen molar-refractivity contribution in [2.45, 2.75) is 32.6 Å². The molecule has 0 bridgehead atoms. The number of fused-ring (bicyclic) bond motifs is 1. The molecule has 0 unspecified atom stereocenters. The van der Waals surface area contributed by atoms with Gasteiger partial charge in [-0.1, -0.05) is 25.0 Å². The number of halogens is 1. The lowest BCUT2D eigenvalue weighted by Crippen LogP contribution is -2.22. The van der Waals surface area contributed by atoms with Gasteiger partial charge in [-0.3, -0.25) is 4.72 Å². The number of nitrogens with one attached hydrogen (secondary N) is 1. The van der Waals surface area contributed by atoms with E-state index in [0.29, 0.717) is 27.8 Å². The Balaban J connectivity index is 1.55. The third-order valence-corrected chi connectivity index (χ3v) is 7.83. The normalized spacial score (nSPS) is 14.3. The lowest BCUT2D eigenvalue weighted by Gasteiger charge is -2.17. The molecule has 36 heavy (non-hydrogen) atoms. The minimum atomic E-state index is -3.73. The molecule has 1 fully saturated rings. The van der Waals surface area contributed by atoms with Crippen molar-refractivity contribution in [1.82, 2.24) is 15.0 Å². The Hall–Kier alpha value is -3.79. The number of nitrogens with two attached hydrogens (primary N) is 1. The van der Waals surface area contributed by atoms with Crippen molar-refractivity contribution in [3.05, 3.63) is 66.2 Å². The molecule has 0 amide bonds. The molecule has 10 heteroatoms. The molecule has 3 N–H and O–H groups in total. The molecule has 0 spiro atoms. The van der Waals surface area contributed by atoms with Gasteiger partial charge in [0.25, 0.3) is 0 Å². The smallest absolute Gasteiger partial charge is 0.233 e. The number of ether oxygens (including phenoxy) is 1. The largest absolute Gasteiger partial charge is 0.437 e. The van der Waals surface area contributed by atoms with E-state index in [1.807, 2.05) is 6.92 Å². The first-order valence-corrected chi connectivity index (χ1v) is 13.4. The molecule has 0 saturated heterocycles. The van der Waals surface area contributed by atoms with Crippen molar-refractivity contribution < 1.29 is 17.5 Å². The summed E-state index contributed by atoms with van der Waals surface area (Å²) in [5, 5.41) is 0.947. The second-order valence-electron chi connectivity index (χ2n) is 9.02. The van der Waals surface area contributed by atoms with Crippen molar-refractivity contribution in [1.29, 1.82) is 0 Å². The van der Waals surface area contributed by atoms with Gasteiger partial charge in [0.2, 0.25) is 21.9 Å². The molecule has 0 radical (unpaired) electrons. The number of aromatic nitrogens is 3. The van der Waals surface area contributed by atoms with Gasteiger partial charge in [0.15, 0.2) is 0 Å². The van der Waals surface area contributed by atoms with Crippen LogP contribution < -0.4 is 15.2 Å². The standard InChI is InChI=1S/C26H26FN5O3S/c1-16-8-9-18-19(10-11-21(27)23(18)32-36(33,34)15-17-5-2-3-6-17)24(16)35-25-20(7-4-13-29-25)22-12-14-30-26(28)31-22/h4,7-14,17,32H,2-3,5-6,15H2,1H3,(H2,28,30,31). The molecule has 0 aliphatic heterocycles. The summed E-state index contributed by atoms with van der Waals surface area (Å²) in [5.41, 5.74) is 7.58. The molecule has 0 atom stereocenters. The number of hydrogen-bond donors (Lipinski definition) is 2. The third-order valence-electron chi connectivity index (χ3n) is 6.40. The van der Waals surface area contributed by atoms with E-state index in [0.717, 1.165) is 31.2 Å². The summed E-state index contributed by atoms with van der Waals surface area (Å²) in [5.74, 6) is 0.262. The number of pyridine rings is 1. The van der Waals surface area contributed by atoms with E-state index < -0.39 is 15.8 Å². The highest BCUT2D eigenvalue weighted by Gasteiger charge is 2.25. The fourth-order valence-corrected chi connectivity index (χ4v) is 6.23. The van der Waals surface area contributed by atoms with E-state index in [4.69, 9.17) is 10.5 Å². The molecular formula is C26H26FN5O3S. The van der Waals surface area contributed by atoms with Gasteiger partial charge in [-0.05, 0) is 61.6 Å². The van der Waals surface area contributed by atoms with E-state index in [-0.39, 0.29) is 29.2 Å². The van der Waals surface area contributed by atoms with Crippen molar-refractivity contribution >= 4 is 32.4 Å². The second kappa shape index (κ2) is 9.69. The summed E-state index contributed by atoms with van der Waals surface area (Å²) in [6, 6.07) is 11.5. The molecular weight excluding hydrogens is 481 g/mol. The number of aryl methyl sites for hydroxylation is 1. The molecule has 1 aliphatic rings. The van der Waals surface area contributed by atoms with Crippen LogP contribution in [0.25, 0.3) is 22.0 Å². The Morgan fingerprint density at radius 3 is 2.61 bits per heavy atom.